The van der Waals surface area contributed by atoms with Crippen molar-refractivity contribution in [2.24, 2.45) is 28.7 Å². The van der Waals surface area contributed by atoms with Crippen LogP contribution in [0.5, 0.6) is 0 Å². The molecule has 1 unspecified atom stereocenters. The number of hydrogen-bond donors (Lipinski definition) is 0. The summed E-state index contributed by atoms with van der Waals surface area (Å²) in [5, 5.41) is 0. The second-order valence-electron chi connectivity index (χ2n) is 9.03. The van der Waals surface area contributed by atoms with Crippen molar-refractivity contribution in [3.8, 4) is 0 Å². The van der Waals surface area contributed by atoms with Crippen LogP contribution in [-0.2, 0) is 0 Å². The van der Waals surface area contributed by atoms with E-state index < -0.39 is 6.43 Å². The number of aromatic nitrogens is 3. The summed E-state index contributed by atoms with van der Waals surface area (Å²) in [4.78, 5) is 26.1. The van der Waals surface area contributed by atoms with Crippen molar-refractivity contribution >= 4 is 28.4 Å². The van der Waals surface area contributed by atoms with Gasteiger partial charge < -0.3 is 4.40 Å². The molecule has 4 bridgehead atoms. The molecule has 5 nitrogen and oxygen atoms in total. The van der Waals surface area contributed by atoms with Crippen molar-refractivity contribution in [2.45, 2.75) is 32.1 Å². The first-order valence-electron chi connectivity index (χ1n) is 11.1. The Morgan fingerprint density at radius 3 is 2.84 bits per heavy atom. The van der Waals surface area contributed by atoms with E-state index in [9.17, 15) is 13.6 Å². The first-order valence-corrected chi connectivity index (χ1v) is 11.1. The lowest BCUT2D eigenvalue weighted by atomic mass is 9.66. The third-order valence-electron chi connectivity index (χ3n) is 7.43. The number of aliphatic imine (C=N–C) groups is 1. The largest absolute Gasteiger partial charge is 0.323 e. The van der Waals surface area contributed by atoms with Crippen LogP contribution in [0.2, 0.25) is 0 Å². The van der Waals surface area contributed by atoms with Gasteiger partial charge in [-0.15, -0.1) is 0 Å². The smallest absolute Gasteiger partial charge is 0.280 e. The van der Waals surface area contributed by atoms with Crippen molar-refractivity contribution in [3.05, 3.63) is 66.4 Å². The highest BCUT2D eigenvalue weighted by atomic mass is 19.3. The molecule has 0 aromatic carbocycles. The highest BCUT2D eigenvalue weighted by Crippen LogP contribution is 2.54. The minimum atomic E-state index is -2.69. The summed E-state index contributed by atoms with van der Waals surface area (Å²) in [7, 11) is 0. The molecule has 0 amide bonds. The number of alkyl halides is 2. The van der Waals surface area contributed by atoms with Crippen molar-refractivity contribution in [2.75, 3.05) is 0 Å². The Hall–Kier alpha value is -3.22. The predicted molar refractivity (Wildman–Crippen MR) is 117 cm³/mol. The van der Waals surface area contributed by atoms with Crippen molar-refractivity contribution in [3.63, 3.8) is 0 Å². The molecule has 2 fully saturated rings. The summed E-state index contributed by atoms with van der Waals surface area (Å²) in [6, 6.07) is 9.52. The number of carbonyl (C=O) groups is 1. The van der Waals surface area contributed by atoms with Crippen LogP contribution in [0.4, 0.5) is 14.6 Å². The first-order chi connectivity index (χ1) is 15.6. The Morgan fingerprint density at radius 2 is 1.97 bits per heavy atom. The van der Waals surface area contributed by atoms with Crippen molar-refractivity contribution < 1.29 is 13.6 Å². The number of carbonyl (C=O) groups excluding carboxylic acids is 1. The second-order valence-corrected chi connectivity index (χ2v) is 9.03. The van der Waals surface area contributed by atoms with Gasteiger partial charge in [-0.05, 0) is 79.4 Å². The number of hydrogen-bond acceptors (Lipinski definition) is 4. The number of fused-ring (bicyclic) bond motifs is 5. The van der Waals surface area contributed by atoms with Gasteiger partial charge in [-0.25, -0.2) is 23.7 Å². The van der Waals surface area contributed by atoms with Gasteiger partial charge in [0.1, 0.15) is 12.0 Å². The van der Waals surface area contributed by atoms with E-state index in [1.165, 1.54) is 12.4 Å². The van der Waals surface area contributed by atoms with Gasteiger partial charge in [0.25, 0.3) is 6.43 Å². The van der Waals surface area contributed by atoms with Crippen LogP contribution in [0.25, 0.3) is 11.1 Å². The molecular formula is C25H22F2N4O. The van der Waals surface area contributed by atoms with Gasteiger partial charge in [0.2, 0.25) is 0 Å². The molecule has 6 rings (SSSR count). The fourth-order valence-corrected chi connectivity index (χ4v) is 6.04. The lowest BCUT2D eigenvalue weighted by Gasteiger charge is -2.37. The van der Waals surface area contributed by atoms with Gasteiger partial charge in [0.15, 0.2) is 11.6 Å². The maximum absolute atomic E-state index is 13.7. The Kier molecular flexibility index (Phi) is 4.52. The van der Waals surface area contributed by atoms with Gasteiger partial charge in [-0.3, -0.25) is 4.79 Å². The Morgan fingerprint density at radius 1 is 1.09 bits per heavy atom. The van der Waals surface area contributed by atoms with Crippen molar-refractivity contribution in [1.29, 1.82) is 0 Å². The molecule has 4 atom stereocenters. The van der Waals surface area contributed by atoms with Crippen LogP contribution in [0.3, 0.4) is 0 Å². The first kappa shape index (κ1) is 19.5. The summed E-state index contributed by atoms with van der Waals surface area (Å²) in [5.41, 5.74) is 2.90. The van der Waals surface area contributed by atoms with E-state index in [0.29, 0.717) is 17.2 Å². The quantitative estimate of drug-likeness (QED) is 0.519. The molecule has 0 spiro atoms. The maximum atomic E-state index is 13.7. The third-order valence-corrected chi connectivity index (χ3v) is 7.43. The minimum Gasteiger partial charge on any atom is -0.323 e. The number of nitrogens with zero attached hydrogens (tertiary/aromatic N) is 4. The molecule has 32 heavy (non-hydrogen) atoms. The van der Waals surface area contributed by atoms with E-state index in [-0.39, 0.29) is 35.1 Å². The monoisotopic (exact) mass is 432 g/mol. The molecule has 162 valence electrons. The highest BCUT2D eigenvalue weighted by Gasteiger charge is 2.49. The minimum absolute atomic E-state index is 0.00260. The molecule has 2 saturated carbocycles. The zero-order chi connectivity index (χ0) is 21.8. The fourth-order valence-electron chi connectivity index (χ4n) is 6.04. The third kappa shape index (κ3) is 3.10. The van der Waals surface area contributed by atoms with E-state index in [0.717, 1.165) is 36.8 Å². The van der Waals surface area contributed by atoms with E-state index in [1.807, 2.05) is 41.1 Å². The molecular weight excluding hydrogens is 410 g/mol. The van der Waals surface area contributed by atoms with Gasteiger partial charge in [0, 0.05) is 35.5 Å². The van der Waals surface area contributed by atoms with Crippen LogP contribution in [-0.4, -0.2) is 32.3 Å². The Labute approximate surface area is 183 Å². The summed E-state index contributed by atoms with van der Waals surface area (Å²) in [6.45, 7) is 0. The lowest BCUT2D eigenvalue weighted by Crippen LogP contribution is -2.35. The number of ketones is 1. The second kappa shape index (κ2) is 7.43. The molecule has 0 saturated heterocycles. The Balaban J connectivity index is 1.38. The molecule has 7 heteroatoms. The molecule has 3 aromatic rings. The SMILES string of the molecule is O=C(c1ccc2cccn2c1)C1[C@H]2CC[C@H](C3=CC(C(F)F)=Nc4cc3ncn4)[C@@H]1CC2. The molecule has 2 aliphatic carbocycles. The van der Waals surface area contributed by atoms with Gasteiger partial charge in [0.05, 0.1) is 5.69 Å². The molecule has 1 aliphatic heterocycles. The van der Waals surface area contributed by atoms with E-state index >= 15 is 0 Å². The molecule has 3 aliphatic rings. The highest BCUT2D eigenvalue weighted by molar-refractivity contribution is 6.05. The average Bonchev–Trinajstić information content (AvgIpc) is 3.35. The lowest BCUT2D eigenvalue weighted by molar-refractivity contribution is 0.0775. The number of rotatable bonds is 4. The van der Waals surface area contributed by atoms with Crippen LogP contribution in [0.15, 0.2) is 60.1 Å². The zero-order valence-electron chi connectivity index (χ0n) is 17.4. The van der Waals surface area contributed by atoms with Crippen LogP contribution >= 0.6 is 0 Å². The van der Waals surface area contributed by atoms with E-state index in [4.69, 9.17) is 0 Å². The summed E-state index contributed by atoms with van der Waals surface area (Å²) >= 11 is 0. The zero-order valence-corrected chi connectivity index (χ0v) is 17.4. The number of Topliss-reactive ketones (excluding diaryl/α,β-unsaturated/α-hetero) is 1. The normalized spacial score (nSPS) is 26.7. The fraction of sp³-hybridized carbons (Fsp3) is 0.360. The average molecular weight is 432 g/mol. The standard InChI is InChI=1S/C25H22F2N4O/c26-25(27)21-10-19(20-11-22(30-21)29-13-28-20)17-7-4-14-5-8-18(17)23(14)24(32)15-3-6-16-2-1-9-31(16)12-15/h1-3,6,9-14,17-18,23,25H,4-5,7-8H2/t14-,17-,18-,23?/m0/s1. The summed E-state index contributed by atoms with van der Waals surface area (Å²) in [6.07, 6.45) is 7.76. The molecule has 0 N–H and O–H groups in total. The molecule has 0 radical (unpaired) electrons. The molecule has 4 heterocycles. The number of pyridine rings is 1. The Bertz CT molecular complexity index is 1280. The summed E-state index contributed by atoms with van der Waals surface area (Å²) in [5.74, 6) is 0.785. The van der Waals surface area contributed by atoms with Crippen molar-refractivity contribution in [1.82, 2.24) is 14.4 Å². The van der Waals surface area contributed by atoms with Gasteiger partial charge in [-0.1, -0.05) is 0 Å². The topological polar surface area (TPSA) is 59.6 Å². The number of allylic oxidation sites excluding steroid dienone is 2. The van der Waals surface area contributed by atoms with E-state index in [1.54, 1.807) is 6.07 Å². The predicted octanol–water partition coefficient (Wildman–Crippen LogP) is 5.40. The molecule has 3 aromatic heterocycles. The summed E-state index contributed by atoms with van der Waals surface area (Å²) < 4.78 is 29.3. The number of halogens is 2. The van der Waals surface area contributed by atoms with Crippen LogP contribution in [0.1, 0.15) is 41.7 Å². The van der Waals surface area contributed by atoms with Gasteiger partial charge in [-0.2, -0.15) is 0 Å². The van der Waals surface area contributed by atoms with Crippen LogP contribution in [0, 0.1) is 23.7 Å². The van der Waals surface area contributed by atoms with Crippen LogP contribution < -0.4 is 0 Å². The van der Waals surface area contributed by atoms with Gasteiger partial charge >= 0.3 is 0 Å². The maximum Gasteiger partial charge on any atom is 0.280 e. The van der Waals surface area contributed by atoms with E-state index in [2.05, 4.69) is 15.0 Å².